The van der Waals surface area contributed by atoms with Crippen molar-refractivity contribution in [1.82, 2.24) is 9.55 Å². The third-order valence-corrected chi connectivity index (χ3v) is 5.16. The lowest BCUT2D eigenvalue weighted by Crippen LogP contribution is -2.23. The number of carbonyl (C=O) groups excluding carboxylic acids is 1. The summed E-state index contributed by atoms with van der Waals surface area (Å²) >= 11 is 0.979. The van der Waals surface area contributed by atoms with E-state index in [2.05, 4.69) is 9.72 Å². The number of benzene rings is 2. The molecule has 30 heavy (non-hydrogen) atoms. The molecule has 8 nitrogen and oxygen atoms in total. The summed E-state index contributed by atoms with van der Waals surface area (Å²) in [5.41, 5.74) is -0.00657. The zero-order valence-corrected chi connectivity index (χ0v) is 17.5. The molecule has 158 valence electrons. The Morgan fingerprint density at radius 3 is 2.43 bits per heavy atom. The van der Waals surface area contributed by atoms with E-state index in [1.54, 1.807) is 6.07 Å². The maximum atomic E-state index is 13.9. The number of ether oxygens (including phenoxy) is 4. The van der Waals surface area contributed by atoms with Crippen LogP contribution < -0.4 is 19.8 Å². The Bertz CT molecular complexity index is 1160. The second-order valence-electron chi connectivity index (χ2n) is 5.92. The zero-order valence-electron chi connectivity index (χ0n) is 16.7. The average molecular weight is 434 g/mol. The number of carbonyl (C=O) groups is 1. The number of hydrogen-bond donors (Lipinski definition) is 0. The predicted molar refractivity (Wildman–Crippen MR) is 110 cm³/mol. The number of hydrogen-bond acceptors (Lipinski definition) is 8. The first-order valence-electron chi connectivity index (χ1n) is 8.66. The fraction of sp³-hybridized carbons (Fsp3) is 0.250. The van der Waals surface area contributed by atoms with E-state index >= 15 is 0 Å². The van der Waals surface area contributed by atoms with Crippen molar-refractivity contribution in [3.05, 3.63) is 46.5 Å². The first kappa shape index (κ1) is 21.4. The standard InChI is InChI=1S/C20H19FN2O6S/c1-26-14-9-13-16(18(29-4)17(14)28-3)22-20(30-10-15(24)27-2)23(19(13)25)12-7-5-6-11(21)8-12/h5-9H,10H2,1-4H3. The summed E-state index contributed by atoms with van der Waals surface area (Å²) in [6.07, 6.45) is 0. The summed E-state index contributed by atoms with van der Waals surface area (Å²) < 4.78 is 35.9. The van der Waals surface area contributed by atoms with Crippen molar-refractivity contribution < 1.29 is 28.1 Å². The minimum absolute atomic E-state index is 0.0978. The highest BCUT2D eigenvalue weighted by atomic mass is 32.2. The monoisotopic (exact) mass is 434 g/mol. The molecular formula is C20H19FN2O6S. The highest BCUT2D eigenvalue weighted by Crippen LogP contribution is 2.42. The Morgan fingerprint density at radius 2 is 1.83 bits per heavy atom. The summed E-state index contributed by atoms with van der Waals surface area (Å²) in [5, 5.41) is 0.338. The van der Waals surface area contributed by atoms with Gasteiger partial charge in [0, 0.05) is 0 Å². The molecule has 3 aromatic rings. The van der Waals surface area contributed by atoms with Crippen molar-refractivity contribution in [2.75, 3.05) is 34.2 Å². The lowest BCUT2D eigenvalue weighted by molar-refractivity contribution is -0.137. The number of thioether (sulfide) groups is 1. The number of halogens is 1. The predicted octanol–water partition coefficient (Wildman–Crippen LogP) is 2.82. The quantitative estimate of drug-likeness (QED) is 0.319. The lowest BCUT2D eigenvalue weighted by atomic mass is 10.2. The van der Waals surface area contributed by atoms with Crippen LogP contribution in [0.4, 0.5) is 4.39 Å². The molecule has 0 aliphatic carbocycles. The Morgan fingerprint density at radius 1 is 1.10 bits per heavy atom. The maximum absolute atomic E-state index is 13.9. The smallest absolute Gasteiger partial charge is 0.316 e. The van der Waals surface area contributed by atoms with Crippen molar-refractivity contribution in [3.8, 4) is 22.9 Å². The van der Waals surface area contributed by atoms with Gasteiger partial charge in [-0.15, -0.1) is 0 Å². The number of methoxy groups -OCH3 is 4. The molecule has 2 aromatic carbocycles. The van der Waals surface area contributed by atoms with Crippen LogP contribution in [-0.4, -0.2) is 49.7 Å². The Labute approximate surface area is 175 Å². The Hall–Kier alpha value is -3.27. The van der Waals surface area contributed by atoms with Crippen LogP contribution in [0.1, 0.15) is 0 Å². The minimum atomic E-state index is -0.520. The third kappa shape index (κ3) is 3.90. The molecule has 0 saturated heterocycles. The first-order valence-corrected chi connectivity index (χ1v) is 9.65. The second-order valence-corrected chi connectivity index (χ2v) is 6.86. The van der Waals surface area contributed by atoms with E-state index in [0.29, 0.717) is 0 Å². The molecule has 0 fully saturated rings. The fourth-order valence-corrected chi connectivity index (χ4v) is 3.73. The van der Waals surface area contributed by atoms with E-state index in [9.17, 15) is 14.0 Å². The summed E-state index contributed by atoms with van der Waals surface area (Å²) in [5.74, 6) is -0.365. The third-order valence-electron chi connectivity index (χ3n) is 4.25. The molecular weight excluding hydrogens is 415 g/mol. The van der Waals surface area contributed by atoms with Gasteiger partial charge in [0.15, 0.2) is 16.7 Å². The molecule has 1 heterocycles. The fourth-order valence-electron chi connectivity index (χ4n) is 2.89. The molecule has 0 radical (unpaired) electrons. The topological polar surface area (TPSA) is 88.9 Å². The highest BCUT2D eigenvalue weighted by molar-refractivity contribution is 7.99. The number of fused-ring (bicyclic) bond motifs is 1. The molecule has 1 aromatic heterocycles. The number of aromatic nitrogens is 2. The van der Waals surface area contributed by atoms with Crippen LogP contribution >= 0.6 is 11.8 Å². The SMILES string of the molecule is COC(=O)CSc1nc2c(OC)c(OC)c(OC)cc2c(=O)n1-c1cccc(F)c1. The molecule has 0 aliphatic heterocycles. The van der Waals surface area contributed by atoms with Crippen molar-refractivity contribution >= 4 is 28.6 Å². The van der Waals surface area contributed by atoms with Crippen molar-refractivity contribution in [2.45, 2.75) is 5.16 Å². The van der Waals surface area contributed by atoms with Crippen molar-refractivity contribution in [1.29, 1.82) is 0 Å². The van der Waals surface area contributed by atoms with Gasteiger partial charge in [-0.2, -0.15) is 0 Å². The first-order chi connectivity index (χ1) is 14.4. The van der Waals surface area contributed by atoms with E-state index in [1.807, 2.05) is 0 Å². The normalized spacial score (nSPS) is 10.7. The van der Waals surface area contributed by atoms with E-state index in [1.165, 1.54) is 57.3 Å². The van der Waals surface area contributed by atoms with Crippen molar-refractivity contribution in [2.24, 2.45) is 0 Å². The Balaban J connectivity index is 2.38. The summed E-state index contributed by atoms with van der Waals surface area (Å²) in [4.78, 5) is 29.6. The molecule has 0 bridgehead atoms. The molecule has 10 heteroatoms. The van der Waals surface area contributed by atoms with Gasteiger partial charge in [-0.1, -0.05) is 17.8 Å². The van der Waals surface area contributed by atoms with E-state index < -0.39 is 17.3 Å². The van der Waals surface area contributed by atoms with Crippen LogP contribution in [0.2, 0.25) is 0 Å². The Kier molecular flexibility index (Phi) is 6.46. The summed E-state index contributed by atoms with van der Waals surface area (Å²) in [6, 6.07) is 7.00. The van der Waals surface area contributed by atoms with Crippen molar-refractivity contribution in [3.63, 3.8) is 0 Å². The van der Waals surface area contributed by atoms with Gasteiger partial charge in [-0.3, -0.25) is 14.2 Å². The average Bonchev–Trinajstić information content (AvgIpc) is 2.76. The lowest BCUT2D eigenvalue weighted by Gasteiger charge is -2.17. The van der Waals surface area contributed by atoms with Crippen LogP contribution in [0.25, 0.3) is 16.6 Å². The maximum Gasteiger partial charge on any atom is 0.316 e. The number of nitrogens with zero attached hydrogens (tertiary/aromatic N) is 2. The molecule has 0 saturated carbocycles. The molecule has 0 atom stereocenters. The largest absolute Gasteiger partial charge is 0.493 e. The summed E-state index contributed by atoms with van der Waals surface area (Å²) in [7, 11) is 5.55. The van der Waals surface area contributed by atoms with Gasteiger partial charge in [0.25, 0.3) is 5.56 Å². The number of esters is 1. The van der Waals surface area contributed by atoms with Gasteiger partial charge < -0.3 is 18.9 Å². The van der Waals surface area contributed by atoms with Crippen LogP contribution in [0.5, 0.6) is 17.2 Å². The molecule has 0 N–H and O–H groups in total. The van der Waals surface area contributed by atoms with Gasteiger partial charge in [0.05, 0.1) is 45.3 Å². The summed E-state index contributed by atoms with van der Waals surface area (Å²) in [6.45, 7) is 0. The molecule has 0 aliphatic rings. The minimum Gasteiger partial charge on any atom is -0.493 e. The van der Waals surface area contributed by atoms with E-state index in [4.69, 9.17) is 14.2 Å². The zero-order chi connectivity index (χ0) is 21.8. The molecule has 3 rings (SSSR count). The highest BCUT2D eigenvalue weighted by Gasteiger charge is 2.23. The van der Waals surface area contributed by atoms with Gasteiger partial charge in [0.1, 0.15) is 11.3 Å². The van der Waals surface area contributed by atoms with Gasteiger partial charge in [-0.05, 0) is 24.3 Å². The van der Waals surface area contributed by atoms with Crippen LogP contribution in [0.3, 0.4) is 0 Å². The van der Waals surface area contributed by atoms with Crippen LogP contribution in [0.15, 0.2) is 40.3 Å². The van der Waals surface area contributed by atoms with E-state index in [-0.39, 0.29) is 44.7 Å². The van der Waals surface area contributed by atoms with Gasteiger partial charge >= 0.3 is 5.97 Å². The molecule has 0 unspecified atom stereocenters. The van der Waals surface area contributed by atoms with Gasteiger partial charge in [0.2, 0.25) is 5.75 Å². The van der Waals surface area contributed by atoms with Gasteiger partial charge in [-0.25, -0.2) is 9.37 Å². The van der Waals surface area contributed by atoms with Crippen LogP contribution in [0, 0.1) is 5.82 Å². The second kappa shape index (κ2) is 9.04. The molecule has 0 spiro atoms. The van der Waals surface area contributed by atoms with Crippen LogP contribution in [-0.2, 0) is 9.53 Å². The number of rotatable bonds is 7. The molecule has 0 amide bonds. The van der Waals surface area contributed by atoms with E-state index in [0.717, 1.165) is 11.8 Å².